The lowest BCUT2D eigenvalue weighted by Gasteiger charge is -2.38. The Morgan fingerprint density at radius 1 is 0.981 bits per heavy atom. The number of fused-ring (bicyclic) bond motifs is 1. The number of hydrogen-bond donors (Lipinski definition) is 2. The van der Waals surface area contributed by atoms with E-state index in [-0.39, 0.29) is 36.4 Å². The minimum Gasteiger partial charge on any atom is -0.497 e. The largest absolute Gasteiger partial charge is 0.497 e. The molecule has 13 heteroatoms. The van der Waals surface area contributed by atoms with Crippen LogP contribution in [0.3, 0.4) is 0 Å². The number of imidazole rings is 1. The van der Waals surface area contributed by atoms with Crippen molar-refractivity contribution in [3.63, 3.8) is 0 Å². The van der Waals surface area contributed by atoms with E-state index in [2.05, 4.69) is 5.32 Å². The quantitative estimate of drug-likeness (QED) is 0.181. The third-order valence-electron chi connectivity index (χ3n) is 9.47. The molecule has 2 heterocycles. The zero-order chi connectivity index (χ0) is 37.8. The van der Waals surface area contributed by atoms with E-state index in [0.29, 0.717) is 25.4 Å². The summed E-state index contributed by atoms with van der Waals surface area (Å²) in [7, 11) is -0.578. The molecular formula is C39H52N6O6S. The van der Waals surface area contributed by atoms with Gasteiger partial charge in [0.1, 0.15) is 17.6 Å². The topological polar surface area (TPSA) is 137 Å². The number of para-hydroxylation sites is 2. The van der Waals surface area contributed by atoms with Gasteiger partial charge in [0.2, 0.25) is 15.9 Å². The molecule has 1 saturated heterocycles. The Hall–Kier alpha value is -4.46. The predicted molar refractivity (Wildman–Crippen MR) is 201 cm³/mol. The Morgan fingerprint density at radius 2 is 1.63 bits per heavy atom. The molecule has 52 heavy (non-hydrogen) atoms. The van der Waals surface area contributed by atoms with Crippen LogP contribution in [0.15, 0.2) is 83.8 Å². The number of carbonyl (C=O) groups excluding carboxylic acids is 2. The van der Waals surface area contributed by atoms with Gasteiger partial charge in [0.05, 0.1) is 41.7 Å². The van der Waals surface area contributed by atoms with Gasteiger partial charge in [-0.3, -0.25) is 4.79 Å². The summed E-state index contributed by atoms with van der Waals surface area (Å²) in [6.07, 6.45) is -1.03. The normalized spacial score (nSPS) is 15.8. The molecule has 1 aliphatic heterocycles. The van der Waals surface area contributed by atoms with Gasteiger partial charge in [0.25, 0.3) is 0 Å². The van der Waals surface area contributed by atoms with Crippen molar-refractivity contribution in [2.24, 2.45) is 18.4 Å². The van der Waals surface area contributed by atoms with Gasteiger partial charge in [-0.2, -0.15) is 4.31 Å². The number of ether oxygens (including phenoxy) is 1. The third-order valence-corrected chi connectivity index (χ3v) is 11.3. The maximum absolute atomic E-state index is 14.4. The minimum absolute atomic E-state index is 0.0408. The summed E-state index contributed by atoms with van der Waals surface area (Å²) in [6, 6.07) is 21.4. The molecule has 12 nitrogen and oxygen atoms in total. The molecule has 0 saturated carbocycles. The Kier molecular flexibility index (Phi) is 12.0. The second-order valence-corrected chi connectivity index (χ2v) is 16.9. The zero-order valence-corrected chi connectivity index (χ0v) is 32.0. The summed E-state index contributed by atoms with van der Waals surface area (Å²) >= 11 is 0. The number of aryl methyl sites for hydroxylation is 1. The number of urea groups is 1. The number of nitrogens with one attached hydrogen (secondary N) is 1. The lowest BCUT2D eigenvalue weighted by Crippen LogP contribution is -2.59. The van der Waals surface area contributed by atoms with Gasteiger partial charge in [-0.05, 0) is 59.7 Å². The van der Waals surface area contributed by atoms with Gasteiger partial charge in [0.15, 0.2) is 0 Å². The molecule has 0 bridgehead atoms. The van der Waals surface area contributed by atoms with Gasteiger partial charge in [-0.25, -0.2) is 18.2 Å². The van der Waals surface area contributed by atoms with Crippen molar-refractivity contribution in [3.8, 4) is 5.75 Å². The molecule has 5 rings (SSSR count). The van der Waals surface area contributed by atoms with E-state index in [1.54, 1.807) is 21.9 Å². The van der Waals surface area contributed by atoms with Gasteiger partial charge in [-0.15, -0.1) is 0 Å². The molecule has 1 fully saturated rings. The molecule has 1 aliphatic rings. The zero-order valence-electron chi connectivity index (χ0n) is 31.2. The van der Waals surface area contributed by atoms with Crippen LogP contribution in [0, 0.1) is 11.3 Å². The number of rotatable bonds is 15. The van der Waals surface area contributed by atoms with Gasteiger partial charge < -0.3 is 29.5 Å². The number of amides is 3. The molecule has 3 atom stereocenters. The van der Waals surface area contributed by atoms with Crippen LogP contribution in [0.25, 0.3) is 11.0 Å². The summed E-state index contributed by atoms with van der Waals surface area (Å²) in [6.45, 7) is 10.5. The van der Waals surface area contributed by atoms with E-state index in [9.17, 15) is 23.1 Å². The van der Waals surface area contributed by atoms with Crippen molar-refractivity contribution in [1.29, 1.82) is 0 Å². The van der Waals surface area contributed by atoms with E-state index >= 15 is 0 Å². The van der Waals surface area contributed by atoms with Gasteiger partial charge in [0, 0.05) is 33.2 Å². The van der Waals surface area contributed by atoms with Crippen LogP contribution >= 0.6 is 0 Å². The number of aliphatic hydroxyl groups is 1. The number of aromatic nitrogens is 2. The van der Waals surface area contributed by atoms with Crippen molar-refractivity contribution in [2.75, 3.05) is 33.3 Å². The summed E-state index contributed by atoms with van der Waals surface area (Å²) < 4.78 is 36.3. The Bertz CT molecular complexity index is 1940. The lowest BCUT2D eigenvalue weighted by molar-refractivity contribution is -0.130. The molecule has 0 spiro atoms. The van der Waals surface area contributed by atoms with E-state index in [4.69, 9.17) is 9.72 Å². The number of carbonyl (C=O) groups is 2. The summed E-state index contributed by atoms with van der Waals surface area (Å²) in [4.78, 5) is 36.5. The van der Waals surface area contributed by atoms with Crippen LogP contribution in [0.1, 0.15) is 46.0 Å². The molecule has 3 amide bonds. The summed E-state index contributed by atoms with van der Waals surface area (Å²) in [5.41, 5.74) is 2.01. The van der Waals surface area contributed by atoms with Crippen molar-refractivity contribution in [2.45, 2.75) is 70.7 Å². The van der Waals surface area contributed by atoms with Crippen LogP contribution in [0.5, 0.6) is 5.75 Å². The van der Waals surface area contributed by atoms with Crippen LogP contribution in [-0.2, 0) is 34.8 Å². The first-order valence-corrected chi connectivity index (χ1v) is 19.2. The highest BCUT2D eigenvalue weighted by Crippen LogP contribution is 2.30. The molecule has 3 aromatic carbocycles. The Morgan fingerprint density at radius 3 is 2.25 bits per heavy atom. The molecule has 1 aromatic heterocycles. The SMILES string of the molecule is COc1ccc(S(=O)(=O)N(CC(C)C)C[C@@H](O)[C@H](Cc2ccccc2)NC(=O)[C@@H](N2CCN(Cc3nc4ccccc4n3C)C2=O)C(C)(C)C)cc1. The Labute approximate surface area is 307 Å². The first-order chi connectivity index (χ1) is 24.6. The molecule has 0 aliphatic carbocycles. The third kappa shape index (κ3) is 8.76. The number of nitrogens with zero attached hydrogens (tertiary/aromatic N) is 5. The molecular weight excluding hydrogens is 681 g/mol. The van der Waals surface area contributed by atoms with Crippen LogP contribution in [0.2, 0.25) is 0 Å². The minimum atomic E-state index is -4.01. The number of hydrogen-bond acceptors (Lipinski definition) is 7. The van der Waals surface area contributed by atoms with Crippen LogP contribution in [0.4, 0.5) is 4.79 Å². The first-order valence-electron chi connectivity index (χ1n) is 17.7. The molecule has 4 aromatic rings. The highest BCUT2D eigenvalue weighted by Gasteiger charge is 2.44. The molecule has 0 unspecified atom stereocenters. The van der Waals surface area contributed by atoms with E-state index in [0.717, 1.165) is 22.4 Å². The van der Waals surface area contributed by atoms with Crippen LogP contribution in [-0.4, -0.2) is 101 Å². The van der Waals surface area contributed by atoms with Crippen molar-refractivity contribution >= 4 is 33.0 Å². The van der Waals surface area contributed by atoms with E-state index in [1.807, 2.05) is 101 Å². The molecule has 0 radical (unpaired) electrons. The number of methoxy groups -OCH3 is 1. The fraction of sp³-hybridized carbons (Fsp3) is 0.462. The second kappa shape index (κ2) is 16.1. The predicted octanol–water partition coefficient (Wildman–Crippen LogP) is 4.67. The lowest BCUT2D eigenvalue weighted by atomic mass is 9.84. The maximum Gasteiger partial charge on any atom is 0.321 e. The van der Waals surface area contributed by atoms with Gasteiger partial charge in [-0.1, -0.05) is 77.1 Å². The van der Waals surface area contributed by atoms with Gasteiger partial charge >= 0.3 is 6.03 Å². The number of sulfonamides is 1. The van der Waals surface area contributed by atoms with E-state index < -0.39 is 39.5 Å². The standard InChI is InChI=1S/C39H52N6O6S/c1-27(2)24-44(52(49,50)30-19-17-29(51-7)18-20-30)25-34(46)32(23-28-13-9-8-10-14-28)41-37(47)36(39(3,4)5)45-22-21-43(38(45)48)26-35-40-31-15-11-12-16-33(31)42(35)6/h8-20,27,32,34,36,46H,21-26H2,1-7H3,(H,41,47)/t32-,34+,36+/m0/s1. The molecule has 280 valence electrons. The highest BCUT2D eigenvalue weighted by atomic mass is 32.2. The average Bonchev–Trinajstić information content (AvgIpc) is 3.61. The summed E-state index contributed by atoms with van der Waals surface area (Å²) in [5.74, 6) is 0.813. The van der Waals surface area contributed by atoms with Crippen LogP contribution < -0.4 is 10.1 Å². The highest BCUT2D eigenvalue weighted by molar-refractivity contribution is 7.89. The van der Waals surface area contributed by atoms with E-state index in [1.165, 1.54) is 23.5 Å². The second-order valence-electron chi connectivity index (χ2n) is 15.0. The number of aliphatic hydroxyl groups excluding tert-OH is 1. The maximum atomic E-state index is 14.4. The smallest absolute Gasteiger partial charge is 0.321 e. The first kappa shape index (κ1) is 38.8. The summed E-state index contributed by atoms with van der Waals surface area (Å²) in [5, 5.41) is 14.9. The number of benzene rings is 3. The average molecular weight is 733 g/mol. The fourth-order valence-corrected chi connectivity index (χ4v) is 8.44. The fourth-order valence-electron chi connectivity index (χ4n) is 6.82. The monoisotopic (exact) mass is 732 g/mol. The van der Waals surface area contributed by atoms with Crippen molar-refractivity contribution in [3.05, 3.63) is 90.3 Å². The molecule has 2 N–H and O–H groups in total. The van der Waals surface area contributed by atoms with Crippen molar-refractivity contribution < 1.29 is 27.9 Å². The van der Waals surface area contributed by atoms with Crippen molar-refractivity contribution in [1.82, 2.24) is 29.0 Å². The Balaban J connectivity index is 1.39.